The largest absolute Gasteiger partial charge is 0.492 e. The summed E-state index contributed by atoms with van der Waals surface area (Å²) in [7, 11) is 6.56. The topological polar surface area (TPSA) is 46.2 Å². The van der Waals surface area contributed by atoms with Crippen LogP contribution in [0.4, 0.5) is 0 Å². The van der Waals surface area contributed by atoms with Gasteiger partial charge in [0.1, 0.15) is 0 Å². The predicted octanol–water partition coefficient (Wildman–Crippen LogP) is 6.20. The zero-order valence-corrected chi connectivity index (χ0v) is 18.6. The monoisotopic (exact) mass is 402 g/mol. The number of rotatable bonds is 12. The minimum atomic E-state index is 0.575. The summed E-state index contributed by atoms with van der Waals surface area (Å²) >= 11 is 0. The Morgan fingerprint density at radius 1 is 0.552 bits per heavy atom. The van der Waals surface area contributed by atoms with Gasteiger partial charge in [-0.15, -0.1) is 0 Å². The first-order valence-corrected chi connectivity index (χ1v) is 10.3. The summed E-state index contributed by atoms with van der Waals surface area (Å²) in [4.78, 5) is 0. The van der Waals surface area contributed by atoms with Crippen molar-refractivity contribution in [3.63, 3.8) is 0 Å². The van der Waals surface area contributed by atoms with Crippen LogP contribution in [0.2, 0.25) is 0 Å². The van der Waals surface area contributed by atoms with Gasteiger partial charge in [-0.1, -0.05) is 38.8 Å². The number of ether oxygens (including phenoxy) is 5. The van der Waals surface area contributed by atoms with Crippen LogP contribution < -0.4 is 23.7 Å². The summed E-state index contributed by atoms with van der Waals surface area (Å²) in [5.41, 5.74) is 2.22. The molecule has 0 saturated heterocycles. The van der Waals surface area contributed by atoms with Crippen LogP contribution in [-0.4, -0.2) is 28.4 Å². The van der Waals surface area contributed by atoms with Crippen molar-refractivity contribution in [3.8, 4) is 34.5 Å². The second-order valence-corrected chi connectivity index (χ2v) is 6.89. The van der Waals surface area contributed by atoms with Crippen LogP contribution >= 0.6 is 0 Å². The number of unbranched alkanes of at least 4 members (excludes halogenated alkanes) is 2. The molecule has 0 aliphatic heterocycles. The van der Waals surface area contributed by atoms with Crippen LogP contribution in [-0.2, 0) is 12.8 Å². The average Bonchev–Trinajstić information content (AvgIpc) is 2.76. The summed E-state index contributed by atoms with van der Waals surface area (Å²) in [6.07, 6.45) is 6.27. The molecule has 0 fully saturated rings. The van der Waals surface area contributed by atoms with E-state index in [9.17, 15) is 0 Å². The molecule has 2 aromatic carbocycles. The number of hydrogen-bond donors (Lipinski definition) is 0. The lowest BCUT2D eigenvalue weighted by Gasteiger charge is -2.19. The van der Waals surface area contributed by atoms with Crippen LogP contribution in [0, 0.1) is 0 Å². The van der Waals surface area contributed by atoms with Crippen LogP contribution in [0.15, 0.2) is 24.3 Å². The molecule has 2 rings (SSSR count). The smallest absolute Gasteiger partial charge is 0.204 e. The molecule has 0 aliphatic rings. The molecule has 0 atom stereocenters. The summed E-state index contributed by atoms with van der Waals surface area (Å²) in [6.45, 7) is 4.34. The van der Waals surface area contributed by atoms with Gasteiger partial charge in [-0.25, -0.2) is 0 Å². The van der Waals surface area contributed by atoms with Gasteiger partial charge in [-0.05, 0) is 48.9 Å². The van der Waals surface area contributed by atoms with Crippen molar-refractivity contribution < 1.29 is 23.7 Å². The third-order valence-electron chi connectivity index (χ3n) is 4.95. The molecule has 0 N–H and O–H groups in total. The zero-order valence-electron chi connectivity index (χ0n) is 18.6. The maximum atomic E-state index is 6.22. The third kappa shape index (κ3) is 5.28. The van der Waals surface area contributed by atoms with Crippen LogP contribution in [0.5, 0.6) is 34.5 Å². The zero-order chi connectivity index (χ0) is 21.2. The fourth-order valence-corrected chi connectivity index (χ4v) is 3.41. The Balaban J connectivity index is 2.45. The summed E-state index contributed by atoms with van der Waals surface area (Å²) < 4.78 is 28.8. The number of benzene rings is 2. The first kappa shape index (κ1) is 22.7. The highest BCUT2D eigenvalue weighted by Crippen LogP contribution is 2.47. The van der Waals surface area contributed by atoms with Crippen molar-refractivity contribution in [3.05, 3.63) is 35.4 Å². The molecule has 0 unspecified atom stereocenters. The molecule has 0 aromatic heterocycles. The molecule has 0 radical (unpaired) electrons. The normalized spacial score (nSPS) is 10.6. The molecule has 5 nitrogen and oxygen atoms in total. The van der Waals surface area contributed by atoms with Gasteiger partial charge < -0.3 is 23.7 Å². The van der Waals surface area contributed by atoms with E-state index in [1.54, 1.807) is 28.4 Å². The van der Waals surface area contributed by atoms with E-state index in [0.717, 1.165) is 49.7 Å². The maximum absolute atomic E-state index is 6.22. The van der Waals surface area contributed by atoms with E-state index >= 15 is 0 Å². The van der Waals surface area contributed by atoms with Gasteiger partial charge in [0.15, 0.2) is 23.0 Å². The lowest BCUT2D eigenvalue weighted by atomic mass is 10.1. The molecule has 2 aromatic rings. The van der Waals surface area contributed by atoms with E-state index in [1.807, 2.05) is 24.3 Å². The Bertz CT molecular complexity index is 720. The Morgan fingerprint density at radius 3 is 1.24 bits per heavy atom. The Morgan fingerprint density at radius 2 is 0.931 bits per heavy atom. The van der Waals surface area contributed by atoms with Gasteiger partial charge in [0.05, 0.1) is 28.4 Å². The molecule has 0 spiro atoms. The molecule has 0 bridgehead atoms. The quantitative estimate of drug-likeness (QED) is 0.423. The highest BCUT2D eigenvalue weighted by molar-refractivity contribution is 5.60. The number of aryl methyl sites for hydroxylation is 2. The van der Waals surface area contributed by atoms with Crippen LogP contribution in [0.3, 0.4) is 0 Å². The summed E-state index contributed by atoms with van der Waals surface area (Å²) in [5, 5.41) is 0. The van der Waals surface area contributed by atoms with Gasteiger partial charge in [0, 0.05) is 0 Å². The maximum Gasteiger partial charge on any atom is 0.204 e. The van der Waals surface area contributed by atoms with Gasteiger partial charge in [-0.2, -0.15) is 0 Å². The van der Waals surface area contributed by atoms with E-state index in [0.29, 0.717) is 34.5 Å². The molecule has 29 heavy (non-hydrogen) atoms. The fourth-order valence-electron chi connectivity index (χ4n) is 3.41. The van der Waals surface area contributed by atoms with Crippen molar-refractivity contribution in [1.82, 2.24) is 0 Å². The van der Waals surface area contributed by atoms with Gasteiger partial charge in [0.2, 0.25) is 11.5 Å². The van der Waals surface area contributed by atoms with Crippen molar-refractivity contribution in [1.29, 1.82) is 0 Å². The van der Waals surface area contributed by atoms with Gasteiger partial charge >= 0.3 is 0 Å². The SMILES string of the molecule is CCCCc1ccc(Oc2ccc(CCCC)c(OC)c2OC)c(OC)c1OC. The first-order valence-electron chi connectivity index (χ1n) is 10.3. The van der Waals surface area contributed by atoms with Gasteiger partial charge in [0.25, 0.3) is 0 Å². The molecule has 5 heteroatoms. The Kier molecular flexibility index (Phi) is 8.97. The fraction of sp³-hybridized carbons (Fsp3) is 0.500. The van der Waals surface area contributed by atoms with Crippen molar-refractivity contribution in [2.24, 2.45) is 0 Å². The van der Waals surface area contributed by atoms with Crippen LogP contribution in [0.1, 0.15) is 50.7 Å². The number of methoxy groups -OCH3 is 4. The van der Waals surface area contributed by atoms with Gasteiger partial charge in [-0.3, -0.25) is 0 Å². The molecular weight excluding hydrogens is 368 g/mol. The summed E-state index contributed by atoms with van der Waals surface area (Å²) in [5.74, 6) is 3.74. The molecular formula is C24H34O5. The van der Waals surface area contributed by atoms with E-state index in [4.69, 9.17) is 23.7 Å². The Labute approximate surface area is 174 Å². The highest BCUT2D eigenvalue weighted by atomic mass is 16.6. The molecule has 0 saturated carbocycles. The lowest BCUT2D eigenvalue weighted by molar-refractivity contribution is 0.317. The minimum Gasteiger partial charge on any atom is -0.492 e. The first-order chi connectivity index (χ1) is 14.1. The Hall–Kier alpha value is -2.56. The van der Waals surface area contributed by atoms with Crippen molar-refractivity contribution >= 4 is 0 Å². The molecule has 0 heterocycles. The predicted molar refractivity (Wildman–Crippen MR) is 116 cm³/mol. The van der Waals surface area contributed by atoms with Crippen molar-refractivity contribution in [2.45, 2.75) is 52.4 Å². The van der Waals surface area contributed by atoms with E-state index < -0.39 is 0 Å². The highest BCUT2D eigenvalue weighted by Gasteiger charge is 2.21. The van der Waals surface area contributed by atoms with E-state index in [1.165, 1.54) is 0 Å². The third-order valence-corrected chi connectivity index (χ3v) is 4.95. The summed E-state index contributed by atoms with van der Waals surface area (Å²) in [6, 6.07) is 7.91. The van der Waals surface area contributed by atoms with E-state index in [2.05, 4.69) is 13.8 Å². The standard InChI is InChI=1S/C24H34O5/c1-7-9-11-17-13-15-19(23(27-5)21(17)25-3)29-20-16-14-18(12-10-8-2)22(26-4)24(20)28-6/h13-16H,7-12H2,1-6H3. The molecule has 0 amide bonds. The minimum absolute atomic E-state index is 0.575. The molecule has 0 aliphatic carbocycles. The average molecular weight is 403 g/mol. The number of hydrogen-bond acceptors (Lipinski definition) is 5. The molecule has 160 valence electrons. The van der Waals surface area contributed by atoms with E-state index in [-0.39, 0.29) is 0 Å². The van der Waals surface area contributed by atoms with Crippen LogP contribution in [0.25, 0.3) is 0 Å². The second kappa shape index (κ2) is 11.4. The van der Waals surface area contributed by atoms with Crippen molar-refractivity contribution in [2.75, 3.05) is 28.4 Å². The lowest BCUT2D eigenvalue weighted by Crippen LogP contribution is -2.01. The second-order valence-electron chi connectivity index (χ2n) is 6.89.